The molecule has 0 bridgehead atoms. The summed E-state index contributed by atoms with van der Waals surface area (Å²) in [5.74, 6) is 0.145. The molecule has 0 unspecified atom stereocenters. The number of aromatic hydroxyl groups is 1. The van der Waals surface area contributed by atoms with Crippen LogP contribution in [0.25, 0.3) is 6.08 Å². The number of phenols is 1. The fourth-order valence-electron chi connectivity index (χ4n) is 2.20. The molecule has 1 saturated heterocycles. The molecule has 0 saturated carbocycles. The number of carbonyl (C=O) groups excluding carboxylic acids is 1. The number of carbonyl (C=O) groups is 1. The second-order valence-electron chi connectivity index (χ2n) is 5.37. The molecule has 0 aromatic heterocycles. The molecule has 2 aromatic rings. The fraction of sp³-hybridized carbons (Fsp3) is 0.111. The zero-order valence-corrected chi connectivity index (χ0v) is 15.9. The maximum Gasteiger partial charge on any atom is 0.264 e. The van der Waals surface area contributed by atoms with Gasteiger partial charge >= 0.3 is 0 Å². The third-order valence-electron chi connectivity index (χ3n) is 3.48. The smallest absolute Gasteiger partial charge is 0.264 e. The second-order valence-corrected chi connectivity index (χ2v) is 7.26. The van der Waals surface area contributed by atoms with E-state index in [1.807, 2.05) is 31.2 Å². The Morgan fingerprint density at radius 3 is 2.68 bits per heavy atom. The van der Waals surface area contributed by atoms with Gasteiger partial charge in [-0.3, -0.25) is 4.79 Å². The summed E-state index contributed by atoms with van der Waals surface area (Å²) in [6.07, 6.45) is 1.73. The molecule has 1 aliphatic heterocycles. The first-order valence-electron chi connectivity index (χ1n) is 7.39. The molecule has 2 N–H and O–H groups in total. The number of thioether (sulfide) groups is 1. The van der Waals surface area contributed by atoms with Crippen molar-refractivity contribution in [2.24, 2.45) is 4.99 Å². The molecule has 1 aliphatic rings. The molecular formula is C18H15BrN2O3S. The van der Waals surface area contributed by atoms with Crippen molar-refractivity contribution < 1.29 is 14.6 Å². The van der Waals surface area contributed by atoms with Crippen molar-refractivity contribution in [1.82, 2.24) is 5.32 Å². The van der Waals surface area contributed by atoms with E-state index in [1.54, 1.807) is 18.2 Å². The van der Waals surface area contributed by atoms with Gasteiger partial charge in [-0.2, -0.15) is 0 Å². The summed E-state index contributed by atoms with van der Waals surface area (Å²) in [7, 11) is 1.47. The SMILES string of the molecule is COc1cc(/C=C2/SC(=Nc3ccc(C)cc3)NC2=O)cc(Br)c1O. The van der Waals surface area contributed by atoms with Crippen LogP contribution >= 0.6 is 27.7 Å². The van der Waals surface area contributed by atoms with E-state index in [4.69, 9.17) is 4.74 Å². The Hall–Kier alpha value is -2.25. The molecular weight excluding hydrogens is 404 g/mol. The van der Waals surface area contributed by atoms with Gasteiger partial charge in [0.2, 0.25) is 0 Å². The number of benzene rings is 2. The van der Waals surface area contributed by atoms with Crippen LogP contribution in [0.3, 0.4) is 0 Å². The molecule has 5 nitrogen and oxygen atoms in total. The predicted molar refractivity (Wildman–Crippen MR) is 104 cm³/mol. The molecule has 0 radical (unpaired) electrons. The third kappa shape index (κ3) is 4.05. The minimum Gasteiger partial charge on any atom is -0.503 e. The standard InChI is InChI=1S/C18H15BrN2O3S/c1-10-3-5-12(6-4-10)20-18-21-17(23)15(25-18)9-11-7-13(19)16(22)14(8-11)24-2/h3-9,22H,1-2H3,(H,20,21,23)/b15-9+. The average Bonchev–Trinajstić information content (AvgIpc) is 2.92. The van der Waals surface area contributed by atoms with Crippen LogP contribution in [0.5, 0.6) is 11.5 Å². The van der Waals surface area contributed by atoms with Crippen molar-refractivity contribution in [3.63, 3.8) is 0 Å². The van der Waals surface area contributed by atoms with Gasteiger partial charge in [0.25, 0.3) is 5.91 Å². The number of rotatable bonds is 3. The van der Waals surface area contributed by atoms with Gasteiger partial charge in [0, 0.05) is 0 Å². The highest BCUT2D eigenvalue weighted by atomic mass is 79.9. The number of aryl methyl sites for hydroxylation is 1. The van der Waals surface area contributed by atoms with E-state index in [9.17, 15) is 9.90 Å². The molecule has 7 heteroatoms. The molecule has 0 spiro atoms. The summed E-state index contributed by atoms with van der Waals surface area (Å²) < 4.78 is 5.62. The van der Waals surface area contributed by atoms with Crippen LogP contribution in [0.4, 0.5) is 5.69 Å². The van der Waals surface area contributed by atoms with Crippen molar-refractivity contribution in [3.05, 3.63) is 56.9 Å². The van der Waals surface area contributed by atoms with E-state index in [0.29, 0.717) is 20.3 Å². The number of amides is 1. The Morgan fingerprint density at radius 2 is 2.00 bits per heavy atom. The Morgan fingerprint density at radius 1 is 1.28 bits per heavy atom. The van der Waals surface area contributed by atoms with E-state index in [1.165, 1.54) is 18.9 Å². The summed E-state index contributed by atoms with van der Waals surface area (Å²) in [5, 5.41) is 13.2. The van der Waals surface area contributed by atoms with E-state index in [0.717, 1.165) is 16.8 Å². The van der Waals surface area contributed by atoms with Gasteiger partial charge in [0.1, 0.15) is 0 Å². The van der Waals surface area contributed by atoms with Gasteiger partial charge in [-0.05, 0) is 70.5 Å². The number of hydrogen-bond donors (Lipinski definition) is 2. The van der Waals surface area contributed by atoms with E-state index >= 15 is 0 Å². The van der Waals surface area contributed by atoms with E-state index in [2.05, 4.69) is 26.2 Å². The van der Waals surface area contributed by atoms with Crippen LogP contribution in [0.15, 0.2) is 50.8 Å². The van der Waals surface area contributed by atoms with Crippen LogP contribution in [-0.2, 0) is 4.79 Å². The zero-order chi connectivity index (χ0) is 18.0. The number of hydrogen-bond acceptors (Lipinski definition) is 5. The first-order valence-corrected chi connectivity index (χ1v) is 9.00. The van der Waals surface area contributed by atoms with Gasteiger partial charge in [-0.1, -0.05) is 17.7 Å². The second kappa shape index (κ2) is 7.33. The van der Waals surface area contributed by atoms with Gasteiger partial charge in [-0.15, -0.1) is 0 Å². The van der Waals surface area contributed by atoms with Crippen molar-refractivity contribution in [1.29, 1.82) is 0 Å². The molecule has 25 heavy (non-hydrogen) atoms. The highest BCUT2D eigenvalue weighted by Crippen LogP contribution is 2.37. The summed E-state index contributed by atoms with van der Waals surface area (Å²) in [6, 6.07) is 11.1. The quantitative estimate of drug-likeness (QED) is 0.726. The van der Waals surface area contributed by atoms with Crippen molar-refractivity contribution in [2.75, 3.05) is 7.11 Å². The Kier molecular flexibility index (Phi) is 5.15. The molecule has 1 heterocycles. The monoisotopic (exact) mass is 418 g/mol. The van der Waals surface area contributed by atoms with Gasteiger partial charge in [0.05, 0.1) is 22.2 Å². The minimum atomic E-state index is -0.209. The largest absolute Gasteiger partial charge is 0.503 e. The molecule has 1 fully saturated rings. The van der Waals surface area contributed by atoms with Crippen molar-refractivity contribution >= 4 is 50.5 Å². The number of amidine groups is 1. The molecule has 0 aliphatic carbocycles. The van der Waals surface area contributed by atoms with Crippen LogP contribution in [-0.4, -0.2) is 23.3 Å². The number of nitrogens with one attached hydrogen (secondary N) is 1. The normalized spacial score (nSPS) is 17.2. The Balaban J connectivity index is 1.86. The van der Waals surface area contributed by atoms with E-state index in [-0.39, 0.29) is 11.7 Å². The number of halogens is 1. The molecule has 3 rings (SSSR count). The number of ether oxygens (including phenoxy) is 1. The number of phenolic OH excluding ortho intramolecular Hbond substituents is 1. The molecule has 1 amide bonds. The lowest BCUT2D eigenvalue weighted by atomic mass is 10.2. The van der Waals surface area contributed by atoms with Gasteiger partial charge in [-0.25, -0.2) is 4.99 Å². The summed E-state index contributed by atoms with van der Waals surface area (Å²) >= 11 is 4.54. The zero-order valence-electron chi connectivity index (χ0n) is 13.5. The van der Waals surface area contributed by atoms with Crippen molar-refractivity contribution in [3.8, 4) is 11.5 Å². The first kappa shape index (κ1) is 17.6. The first-order chi connectivity index (χ1) is 12.0. The van der Waals surface area contributed by atoms with Crippen molar-refractivity contribution in [2.45, 2.75) is 6.92 Å². The molecule has 0 atom stereocenters. The van der Waals surface area contributed by atoms with Crippen LogP contribution in [0.1, 0.15) is 11.1 Å². The van der Waals surface area contributed by atoms with Gasteiger partial charge in [0.15, 0.2) is 16.7 Å². The number of aliphatic imine (C=N–C) groups is 1. The van der Waals surface area contributed by atoms with Crippen LogP contribution in [0.2, 0.25) is 0 Å². The predicted octanol–water partition coefficient (Wildman–Crippen LogP) is 4.36. The third-order valence-corrected chi connectivity index (χ3v) is 5.00. The number of nitrogens with zero attached hydrogens (tertiary/aromatic N) is 1. The summed E-state index contributed by atoms with van der Waals surface area (Å²) in [4.78, 5) is 17.1. The maximum absolute atomic E-state index is 12.2. The Labute approximate surface area is 157 Å². The highest BCUT2D eigenvalue weighted by Gasteiger charge is 2.24. The van der Waals surface area contributed by atoms with E-state index < -0.39 is 0 Å². The lowest BCUT2D eigenvalue weighted by molar-refractivity contribution is -0.115. The lowest BCUT2D eigenvalue weighted by Gasteiger charge is -2.06. The summed E-state index contributed by atoms with van der Waals surface area (Å²) in [5.41, 5.74) is 2.67. The number of methoxy groups -OCH3 is 1. The summed E-state index contributed by atoms with van der Waals surface area (Å²) in [6.45, 7) is 2.01. The minimum absolute atomic E-state index is 0.0230. The van der Waals surface area contributed by atoms with Crippen LogP contribution in [0, 0.1) is 6.92 Å². The maximum atomic E-state index is 12.2. The molecule has 2 aromatic carbocycles. The topological polar surface area (TPSA) is 70.9 Å². The fourth-order valence-corrected chi connectivity index (χ4v) is 3.50. The average molecular weight is 419 g/mol. The van der Waals surface area contributed by atoms with Crippen LogP contribution < -0.4 is 10.1 Å². The molecule has 128 valence electrons. The van der Waals surface area contributed by atoms with Gasteiger partial charge < -0.3 is 15.2 Å². The Bertz CT molecular complexity index is 892. The lowest BCUT2D eigenvalue weighted by Crippen LogP contribution is -2.19. The highest BCUT2D eigenvalue weighted by molar-refractivity contribution is 9.10.